The summed E-state index contributed by atoms with van der Waals surface area (Å²) in [7, 11) is 0. The molecule has 1 aliphatic rings. The van der Waals surface area contributed by atoms with Crippen LogP contribution in [0.4, 0.5) is 5.69 Å². The lowest BCUT2D eigenvalue weighted by molar-refractivity contribution is 0.0951. The number of amides is 1. The first-order valence-corrected chi connectivity index (χ1v) is 6.88. The van der Waals surface area contributed by atoms with Gasteiger partial charge >= 0.3 is 0 Å². The van der Waals surface area contributed by atoms with E-state index in [0.717, 1.165) is 18.9 Å². The van der Waals surface area contributed by atoms with Gasteiger partial charge in [-0.15, -0.1) is 0 Å². The summed E-state index contributed by atoms with van der Waals surface area (Å²) in [5.41, 5.74) is 6.68. The van der Waals surface area contributed by atoms with Gasteiger partial charge in [-0.2, -0.15) is 0 Å². The van der Waals surface area contributed by atoms with Crippen molar-refractivity contribution in [2.24, 2.45) is 5.92 Å². The number of rotatable bonds is 4. The number of benzene rings is 1. The van der Waals surface area contributed by atoms with Crippen molar-refractivity contribution in [3.63, 3.8) is 0 Å². The van der Waals surface area contributed by atoms with Gasteiger partial charge in [0.25, 0.3) is 5.91 Å². The van der Waals surface area contributed by atoms with Crippen LogP contribution in [0.5, 0.6) is 0 Å². The normalized spacial score (nSPS) is 15.8. The molecule has 1 fully saturated rings. The zero-order valence-electron chi connectivity index (χ0n) is 10.4. The topological polar surface area (TPSA) is 55.1 Å². The van der Waals surface area contributed by atoms with Gasteiger partial charge in [0.1, 0.15) is 0 Å². The maximum atomic E-state index is 11.9. The molecule has 1 aliphatic carbocycles. The summed E-state index contributed by atoms with van der Waals surface area (Å²) >= 11 is 5.89. The fourth-order valence-corrected chi connectivity index (χ4v) is 2.64. The van der Waals surface area contributed by atoms with Crippen molar-refractivity contribution in [2.75, 3.05) is 12.3 Å². The predicted octanol–water partition coefficient (Wildman–Crippen LogP) is 3.23. The summed E-state index contributed by atoms with van der Waals surface area (Å²) in [6, 6.07) is 4.97. The molecule has 3 nitrogen and oxygen atoms in total. The third-order valence-corrected chi connectivity index (χ3v) is 3.90. The number of carbonyl (C=O) groups excluding carboxylic acids is 1. The Morgan fingerprint density at radius 3 is 2.78 bits per heavy atom. The number of nitrogens with two attached hydrogens (primary N) is 1. The van der Waals surface area contributed by atoms with E-state index >= 15 is 0 Å². The lowest BCUT2D eigenvalue weighted by Crippen LogP contribution is -2.25. The number of nitrogen functional groups attached to an aromatic ring is 1. The predicted molar refractivity (Wildman–Crippen MR) is 74.8 cm³/mol. The minimum absolute atomic E-state index is 0.0742. The molecule has 1 aromatic carbocycles. The summed E-state index contributed by atoms with van der Waals surface area (Å²) < 4.78 is 0. The van der Waals surface area contributed by atoms with Gasteiger partial charge in [-0.05, 0) is 30.5 Å². The van der Waals surface area contributed by atoms with Crippen LogP contribution in [0.1, 0.15) is 42.5 Å². The minimum Gasteiger partial charge on any atom is -0.398 e. The number of halogens is 1. The van der Waals surface area contributed by atoms with Gasteiger partial charge in [0.15, 0.2) is 0 Å². The average Bonchev–Trinajstić information content (AvgIpc) is 2.85. The van der Waals surface area contributed by atoms with Gasteiger partial charge in [-0.3, -0.25) is 4.79 Å². The molecule has 4 heteroatoms. The van der Waals surface area contributed by atoms with Crippen molar-refractivity contribution in [3.8, 4) is 0 Å². The fourth-order valence-electron chi connectivity index (χ4n) is 2.46. The van der Waals surface area contributed by atoms with Crippen LogP contribution in [0.3, 0.4) is 0 Å². The number of anilines is 1. The molecule has 1 amide bonds. The Morgan fingerprint density at radius 1 is 1.39 bits per heavy atom. The quantitative estimate of drug-likeness (QED) is 0.822. The summed E-state index contributed by atoms with van der Waals surface area (Å²) in [4.78, 5) is 11.9. The molecule has 18 heavy (non-hydrogen) atoms. The smallest absolute Gasteiger partial charge is 0.251 e. The number of nitrogens with one attached hydrogen (secondary N) is 1. The first kappa shape index (κ1) is 13.2. The molecule has 1 saturated carbocycles. The van der Waals surface area contributed by atoms with Gasteiger partial charge in [-0.1, -0.05) is 37.3 Å². The number of hydrogen-bond donors (Lipinski definition) is 2. The second-order valence-corrected chi connectivity index (χ2v) is 5.34. The van der Waals surface area contributed by atoms with Crippen LogP contribution in [0.15, 0.2) is 18.2 Å². The SMILES string of the molecule is Nc1ccc(C(=O)NCCC2CCCC2)cc1Cl. The van der Waals surface area contributed by atoms with Crippen molar-refractivity contribution >= 4 is 23.2 Å². The van der Waals surface area contributed by atoms with Gasteiger partial charge in [-0.25, -0.2) is 0 Å². The highest BCUT2D eigenvalue weighted by atomic mass is 35.5. The van der Waals surface area contributed by atoms with E-state index in [9.17, 15) is 4.79 Å². The molecule has 0 aliphatic heterocycles. The van der Waals surface area contributed by atoms with E-state index < -0.39 is 0 Å². The summed E-state index contributed by atoms with van der Waals surface area (Å²) in [6.07, 6.45) is 6.37. The third-order valence-electron chi connectivity index (χ3n) is 3.58. The Labute approximate surface area is 113 Å². The molecular formula is C14H19ClN2O. The maximum Gasteiger partial charge on any atom is 0.251 e. The molecule has 0 aromatic heterocycles. The lowest BCUT2D eigenvalue weighted by atomic mass is 10.0. The van der Waals surface area contributed by atoms with Crippen molar-refractivity contribution in [2.45, 2.75) is 32.1 Å². The Morgan fingerprint density at radius 2 is 2.11 bits per heavy atom. The highest BCUT2D eigenvalue weighted by Gasteiger charge is 2.15. The van der Waals surface area contributed by atoms with Gasteiger partial charge in [0, 0.05) is 12.1 Å². The Hall–Kier alpha value is -1.22. The van der Waals surface area contributed by atoms with Crippen molar-refractivity contribution < 1.29 is 4.79 Å². The van der Waals surface area contributed by atoms with Crippen molar-refractivity contribution in [3.05, 3.63) is 28.8 Å². The molecule has 0 spiro atoms. The highest BCUT2D eigenvalue weighted by Crippen LogP contribution is 2.27. The Bertz CT molecular complexity index is 428. The number of carbonyl (C=O) groups is 1. The monoisotopic (exact) mass is 266 g/mol. The van der Waals surface area contributed by atoms with E-state index in [0.29, 0.717) is 16.3 Å². The zero-order valence-corrected chi connectivity index (χ0v) is 11.2. The second kappa shape index (κ2) is 6.10. The van der Waals surface area contributed by atoms with Gasteiger partial charge < -0.3 is 11.1 Å². The van der Waals surface area contributed by atoms with E-state index in [1.54, 1.807) is 18.2 Å². The molecule has 98 valence electrons. The van der Waals surface area contributed by atoms with Crippen molar-refractivity contribution in [1.82, 2.24) is 5.32 Å². The van der Waals surface area contributed by atoms with Crippen LogP contribution in [-0.2, 0) is 0 Å². The molecular weight excluding hydrogens is 248 g/mol. The largest absolute Gasteiger partial charge is 0.398 e. The first-order chi connectivity index (χ1) is 8.66. The van der Waals surface area contributed by atoms with Gasteiger partial charge in [0.2, 0.25) is 0 Å². The van der Waals surface area contributed by atoms with Crippen LogP contribution in [-0.4, -0.2) is 12.5 Å². The highest BCUT2D eigenvalue weighted by molar-refractivity contribution is 6.33. The Kier molecular flexibility index (Phi) is 4.48. The molecule has 3 N–H and O–H groups in total. The summed E-state index contributed by atoms with van der Waals surface area (Å²) in [5.74, 6) is 0.718. The van der Waals surface area contributed by atoms with E-state index in [1.807, 2.05) is 0 Å². The van der Waals surface area contributed by atoms with E-state index in [4.69, 9.17) is 17.3 Å². The van der Waals surface area contributed by atoms with E-state index in [1.165, 1.54) is 25.7 Å². The standard InChI is InChI=1S/C14H19ClN2O/c15-12-9-11(5-6-13(12)16)14(18)17-8-7-10-3-1-2-4-10/h5-6,9-10H,1-4,7-8,16H2,(H,17,18). The molecule has 1 aromatic rings. The molecule has 2 rings (SSSR count). The third kappa shape index (κ3) is 3.39. The molecule has 0 bridgehead atoms. The molecule has 0 atom stereocenters. The van der Waals surface area contributed by atoms with Crippen LogP contribution in [0.25, 0.3) is 0 Å². The van der Waals surface area contributed by atoms with Crippen LogP contribution in [0.2, 0.25) is 5.02 Å². The molecule has 0 saturated heterocycles. The lowest BCUT2D eigenvalue weighted by Gasteiger charge is -2.10. The van der Waals surface area contributed by atoms with Crippen LogP contribution >= 0.6 is 11.6 Å². The number of hydrogen-bond acceptors (Lipinski definition) is 2. The first-order valence-electron chi connectivity index (χ1n) is 6.50. The summed E-state index contributed by atoms with van der Waals surface area (Å²) in [6.45, 7) is 0.742. The zero-order chi connectivity index (χ0) is 13.0. The maximum absolute atomic E-state index is 11.9. The van der Waals surface area contributed by atoms with Crippen molar-refractivity contribution in [1.29, 1.82) is 0 Å². The summed E-state index contributed by atoms with van der Waals surface area (Å²) in [5, 5.41) is 3.36. The Balaban J connectivity index is 1.81. The van der Waals surface area contributed by atoms with Crippen LogP contribution in [0, 0.1) is 5.92 Å². The van der Waals surface area contributed by atoms with Gasteiger partial charge in [0.05, 0.1) is 10.7 Å². The average molecular weight is 267 g/mol. The molecule has 0 radical (unpaired) electrons. The van der Waals surface area contributed by atoms with Crippen LogP contribution < -0.4 is 11.1 Å². The minimum atomic E-state index is -0.0742. The second-order valence-electron chi connectivity index (χ2n) is 4.93. The van der Waals surface area contributed by atoms with E-state index in [-0.39, 0.29) is 5.91 Å². The molecule has 0 unspecified atom stereocenters. The molecule has 0 heterocycles. The fraction of sp³-hybridized carbons (Fsp3) is 0.500. The van der Waals surface area contributed by atoms with E-state index in [2.05, 4.69) is 5.32 Å².